The zero-order valence-corrected chi connectivity index (χ0v) is 18.4. The van der Waals surface area contributed by atoms with Crippen molar-refractivity contribution < 1.29 is 19.1 Å². The van der Waals surface area contributed by atoms with Gasteiger partial charge in [0, 0.05) is 5.41 Å². The Kier molecular flexibility index (Phi) is 4.47. The fraction of sp³-hybridized carbons (Fsp3) is 0.385. The zero-order valence-electron chi connectivity index (χ0n) is 18.4. The zero-order chi connectivity index (χ0) is 21.8. The van der Waals surface area contributed by atoms with Crippen LogP contribution in [0.5, 0.6) is 11.5 Å². The van der Waals surface area contributed by atoms with Crippen LogP contribution in [0.3, 0.4) is 0 Å². The summed E-state index contributed by atoms with van der Waals surface area (Å²) >= 11 is 0. The Labute approximate surface area is 182 Å². The molecule has 5 heteroatoms. The largest absolute Gasteiger partial charge is 0.454 e. The highest BCUT2D eigenvalue weighted by Crippen LogP contribution is 2.66. The number of allylic oxidation sites excluding steroid dienone is 1. The van der Waals surface area contributed by atoms with Crippen LogP contribution in [0, 0.1) is 23.7 Å². The van der Waals surface area contributed by atoms with Gasteiger partial charge in [-0.25, -0.2) is 4.79 Å². The number of rotatable bonds is 3. The first-order valence-corrected chi connectivity index (χ1v) is 10.8. The van der Waals surface area contributed by atoms with Crippen molar-refractivity contribution in [1.82, 2.24) is 0 Å². The van der Waals surface area contributed by atoms with Crippen LogP contribution in [0.2, 0.25) is 0 Å². The van der Waals surface area contributed by atoms with Gasteiger partial charge in [-0.3, -0.25) is 0 Å². The molecule has 0 spiro atoms. The van der Waals surface area contributed by atoms with E-state index in [1.807, 2.05) is 43.3 Å². The van der Waals surface area contributed by atoms with Gasteiger partial charge in [-0.05, 0) is 72.1 Å². The van der Waals surface area contributed by atoms with E-state index in [9.17, 15) is 4.79 Å². The molecule has 2 saturated carbocycles. The molecular formula is C26H27NO4. The van der Waals surface area contributed by atoms with Gasteiger partial charge in [0.15, 0.2) is 11.5 Å². The number of ether oxygens (including phenoxy) is 2. The molecule has 1 aliphatic heterocycles. The van der Waals surface area contributed by atoms with E-state index in [0.717, 1.165) is 46.8 Å². The normalized spacial score (nSPS) is 27.8. The number of hydrogen-bond donors (Lipinski definition) is 0. The summed E-state index contributed by atoms with van der Waals surface area (Å²) in [4.78, 5) is 18.2. The number of nitrogens with zero attached hydrogens (tertiary/aromatic N) is 1. The average Bonchev–Trinajstić information content (AvgIpc) is 3.33. The molecule has 2 aromatic rings. The van der Waals surface area contributed by atoms with E-state index in [1.54, 1.807) is 6.07 Å². The van der Waals surface area contributed by atoms with E-state index in [0.29, 0.717) is 11.5 Å². The van der Waals surface area contributed by atoms with Gasteiger partial charge in [-0.2, -0.15) is 0 Å². The Bertz CT molecular complexity index is 1130. The van der Waals surface area contributed by atoms with Crippen molar-refractivity contribution >= 4 is 17.8 Å². The van der Waals surface area contributed by atoms with E-state index in [1.165, 1.54) is 0 Å². The lowest BCUT2D eigenvalue weighted by atomic mass is 9.70. The second-order valence-electron chi connectivity index (χ2n) is 9.49. The maximum atomic E-state index is 12.7. The molecule has 2 aromatic carbocycles. The fourth-order valence-electron chi connectivity index (χ4n) is 5.40. The van der Waals surface area contributed by atoms with Crippen molar-refractivity contribution in [3.63, 3.8) is 0 Å². The Morgan fingerprint density at radius 3 is 2.71 bits per heavy atom. The number of benzene rings is 2. The lowest BCUT2D eigenvalue weighted by Gasteiger charge is -2.33. The molecule has 0 saturated heterocycles. The lowest BCUT2D eigenvalue weighted by molar-refractivity contribution is 0.0508. The minimum atomic E-state index is -0.419. The summed E-state index contributed by atoms with van der Waals surface area (Å²) in [6, 6.07) is 13.4. The summed E-state index contributed by atoms with van der Waals surface area (Å²) in [6.45, 7) is 8.99. The molecule has 3 aliphatic rings. The van der Waals surface area contributed by atoms with Gasteiger partial charge in [0.25, 0.3) is 0 Å². The second kappa shape index (κ2) is 6.98. The van der Waals surface area contributed by atoms with Gasteiger partial charge in [0.05, 0.1) is 11.3 Å². The Morgan fingerprint density at radius 2 is 1.90 bits per heavy atom. The van der Waals surface area contributed by atoms with E-state index in [2.05, 4.69) is 32.0 Å². The van der Waals surface area contributed by atoms with Gasteiger partial charge in [-0.15, -0.1) is 0 Å². The van der Waals surface area contributed by atoms with Crippen LogP contribution in [0.15, 0.2) is 53.2 Å². The topological polar surface area (TPSA) is 57.1 Å². The lowest BCUT2D eigenvalue weighted by Crippen LogP contribution is -2.33. The van der Waals surface area contributed by atoms with E-state index in [4.69, 9.17) is 14.3 Å². The molecule has 0 unspecified atom stereocenters. The van der Waals surface area contributed by atoms with Crippen LogP contribution < -0.4 is 9.47 Å². The number of fused-ring (bicyclic) bond motifs is 3. The first kappa shape index (κ1) is 19.9. The van der Waals surface area contributed by atoms with Gasteiger partial charge < -0.3 is 14.3 Å². The van der Waals surface area contributed by atoms with E-state index >= 15 is 0 Å². The Hall–Kier alpha value is -3.08. The van der Waals surface area contributed by atoms with Crippen molar-refractivity contribution in [3.8, 4) is 11.5 Å². The first-order valence-electron chi connectivity index (χ1n) is 10.8. The number of carbonyl (C=O) groups is 1. The minimum absolute atomic E-state index is 0.0308. The highest BCUT2D eigenvalue weighted by Gasteiger charge is 2.63. The van der Waals surface area contributed by atoms with Gasteiger partial charge >= 0.3 is 5.97 Å². The first-order chi connectivity index (χ1) is 14.8. The molecule has 31 heavy (non-hydrogen) atoms. The second-order valence-corrected chi connectivity index (χ2v) is 9.49. The molecule has 5 nitrogen and oxygen atoms in total. The number of hydrogen-bond acceptors (Lipinski definition) is 5. The van der Waals surface area contributed by atoms with Crippen molar-refractivity contribution in [1.29, 1.82) is 0 Å². The maximum absolute atomic E-state index is 12.7. The maximum Gasteiger partial charge on any atom is 0.366 e. The number of oxime groups is 1. The molecule has 2 atom stereocenters. The molecule has 0 amide bonds. The molecule has 160 valence electrons. The Balaban J connectivity index is 1.53. The summed E-state index contributed by atoms with van der Waals surface area (Å²) in [7, 11) is 0. The average molecular weight is 418 g/mol. The quantitative estimate of drug-likeness (QED) is 0.469. The predicted octanol–water partition coefficient (Wildman–Crippen LogP) is 5.78. The minimum Gasteiger partial charge on any atom is -0.454 e. The molecule has 5 rings (SSSR count). The summed E-state index contributed by atoms with van der Waals surface area (Å²) in [5.74, 6) is 1.46. The van der Waals surface area contributed by atoms with Gasteiger partial charge in [0.2, 0.25) is 6.79 Å². The van der Waals surface area contributed by atoms with E-state index in [-0.39, 0.29) is 17.6 Å². The van der Waals surface area contributed by atoms with Gasteiger partial charge in [0.1, 0.15) is 0 Å². The highest BCUT2D eigenvalue weighted by atomic mass is 16.7. The van der Waals surface area contributed by atoms with Crippen molar-refractivity contribution in [3.05, 3.63) is 64.7 Å². The fourth-order valence-corrected chi connectivity index (χ4v) is 5.40. The standard InChI is InChI=1S/C26H27NO4/c1-16-7-5-6-8-18(16)24(28)31-27-23-19(20-11-12-26(23,4)25(20,2)3)13-17-9-10-21-22(14-17)30-15-29-21/h5-10,13-14,20H,11-12,15H2,1-4H3/b19-13+,27-23+/t20-,26+/m0/s1. The van der Waals surface area contributed by atoms with Crippen molar-refractivity contribution in [2.24, 2.45) is 21.9 Å². The molecule has 2 aliphatic carbocycles. The van der Waals surface area contributed by atoms with Crippen LogP contribution in [-0.4, -0.2) is 18.5 Å². The monoisotopic (exact) mass is 417 g/mol. The number of carbonyl (C=O) groups excluding carboxylic acids is 1. The summed E-state index contributed by atoms with van der Waals surface area (Å²) in [5, 5.41) is 4.48. The molecule has 0 aromatic heterocycles. The third-order valence-corrected chi connectivity index (χ3v) is 7.70. The third-order valence-electron chi connectivity index (χ3n) is 7.70. The van der Waals surface area contributed by atoms with E-state index < -0.39 is 5.97 Å². The molecule has 1 heterocycles. The molecular weight excluding hydrogens is 390 g/mol. The number of aryl methyl sites for hydroxylation is 1. The van der Waals surface area contributed by atoms with Crippen molar-refractivity contribution in [2.45, 2.75) is 40.5 Å². The van der Waals surface area contributed by atoms with Crippen LogP contribution in [-0.2, 0) is 4.84 Å². The summed E-state index contributed by atoms with van der Waals surface area (Å²) in [6.07, 6.45) is 4.30. The van der Waals surface area contributed by atoms with Gasteiger partial charge in [-0.1, -0.05) is 50.2 Å². The van der Waals surface area contributed by atoms with Crippen LogP contribution in [0.25, 0.3) is 6.08 Å². The molecule has 0 N–H and O–H groups in total. The Morgan fingerprint density at radius 1 is 1.13 bits per heavy atom. The SMILES string of the molecule is Cc1ccccc1C(=O)O/N=C1\C(=C\c2ccc3c(c2)OCO3)[C@@H]2CC[C@@]1(C)C2(C)C. The highest BCUT2D eigenvalue weighted by molar-refractivity contribution is 6.11. The third kappa shape index (κ3) is 2.98. The predicted molar refractivity (Wildman–Crippen MR) is 119 cm³/mol. The van der Waals surface area contributed by atoms with Crippen molar-refractivity contribution in [2.75, 3.05) is 6.79 Å². The molecule has 2 fully saturated rings. The smallest absolute Gasteiger partial charge is 0.366 e. The molecule has 2 bridgehead atoms. The molecule has 0 radical (unpaired) electrons. The van der Waals surface area contributed by atoms with Crippen LogP contribution >= 0.6 is 0 Å². The summed E-state index contributed by atoms with van der Waals surface area (Å²) < 4.78 is 11.0. The van der Waals surface area contributed by atoms with Crippen LogP contribution in [0.4, 0.5) is 0 Å². The summed E-state index contributed by atoms with van der Waals surface area (Å²) in [5.41, 5.74) is 4.37. The van der Waals surface area contributed by atoms with Crippen LogP contribution in [0.1, 0.15) is 55.1 Å².